The molecule has 26 heavy (non-hydrogen) atoms. The van der Waals surface area contributed by atoms with Gasteiger partial charge in [0.15, 0.2) is 29.1 Å². The molecule has 0 fully saturated rings. The molecule has 0 saturated carbocycles. The molecule has 3 rings (SSSR count). The van der Waals surface area contributed by atoms with Gasteiger partial charge in [0, 0.05) is 23.6 Å². The summed E-state index contributed by atoms with van der Waals surface area (Å²) in [6.07, 6.45) is 4.84. The number of nitrogens with zero attached hydrogens (tertiary/aromatic N) is 1. The average molecular weight is 363 g/mol. The van der Waals surface area contributed by atoms with Gasteiger partial charge in [-0.25, -0.2) is 22.0 Å². The highest BCUT2D eigenvalue weighted by Crippen LogP contribution is 2.24. The second-order valence-electron chi connectivity index (χ2n) is 5.32. The summed E-state index contributed by atoms with van der Waals surface area (Å²) in [6, 6.07) is 9.93. The fraction of sp³-hybridized carbons (Fsp3) is 0. The summed E-state index contributed by atoms with van der Waals surface area (Å²) in [5.74, 6) is -11.0. The van der Waals surface area contributed by atoms with E-state index in [2.05, 4.69) is 0 Å². The molecule has 0 aliphatic heterocycles. The third-order valence-electron chi connectivity index (χ3n) is 3.68. The SMILES string of the molecule is O=C(/C=C/c1c(F)c(F)c(F)c(F)c1F)c1cccc(-n2cccc2)c1. The molecule has 0 aliphatic carbocycles. The Hall–Kier alpha value is -3.22. The van der Waals surface area contributed by atoms with Gasteiger partial charge in [0.2, 0.25) is 5.82 Å². The lowest BCUT2D eigenvalue weighted by Crippen LogP contribution is -2.04. The molecule has 0 atom stereocenters. The summed E-state index contributed by atoms with van der Waals surface area (Å²) in [7, 11) is 0. The lowest BCUT2D eigenvalue weighted by molar-refractivity contribution is 0.104. The van der Waals surface area contributed by atoms with Crippen molar-refractivity contribution in [3.05, 3.63) is 95.1 Å². The normalized spacial score (nSPS) is 11.3. The number of allylic oxidation sites excluding steroid dienone is 1. The van der Waals surface area contributed by atoms with Crippen LogP contribution in [0.5, 0.6) is 0 Å². The zero-order chi connectivity index (χ0) is 18.8. The number of halogens is 5. The van der Waals surface area contributed by atoms with Crippen molar-refractivity contribution in [1.82, 2.24) is 4.57 Å². The first-order valence-electron chi connectivity index (χ1n) is 7.37. The maximum atomic E-state index is 13.6. The van der Waals surface area contributed by atoms with E-state index in [9.17, 15) is 26.7 Å². The standard InChI is InChI=1S/C19H10F5NO/c20-15-13(16(21)18(23)19(24)17(15)22)6-7-14(26)11-4-3-5-12(10-11)25-8-1-2-9-25/h1-10H/b7-6+. The highest BCUT2D eigenvalue weighted by Gasteiger charge is 2.24. The van der Waals surface area contributed by atoms with Gasteiger partial charge < -0.3 is 4.57 Å². The Labute approximate surface area is 144 Å². The van der Waals surface area contributed by atoms with E-state index < -0.39 is 40.4 Å². The summed E-state index contributed by atoms with van der Waals surface area (Å²) in [5.41, 5.74) is -0.307. The molecule has 2 aromatic carbocycles. The van der Waals surface area contributed by atoms with Crippen molar-refractivity contribution in [3.8, 4) is 5.69 Å². The van der Waals surface area contributed by atoms with Crippen LogP contribution in [0.3, 0.4) is 0 Å². The Bertz CT molecular complexity index is 980. The summed E-state index contributed by atoms with van der Waals surface area (Å²) < 4.78 is 68.4. The Kier molecular flexibility index (Phi) is 4.71. The number of carbonyl (C=O) groups is 1. The summed E-state index contributed by atoms with van der Waals surface area (Å²) in [6.45, 7) is 0. The van der Waals surface area contributed by atoms with Crippen LogP contribution >= 0.6 is 0 Å². The van der Waals surface area contributed by atoms with Crippen LogP contribution in [-0.2, 0) is 0 Å². The average Bonchev–Trinajstić information content (AvgIpc) is 3.19. The zero-order valence-corrected chi connectivity index (χ0v) is 13.0. The second kappa shape index (κ2) is 6.95. The molecule has 1 heterocycles. The van der Waals surface area contributed by atoms with Crippen molar-refractivity contribution in [2.24, 2.45) is 0 Å². The van der Waals surface area contributed by atoms with E-state index in [0.717, 1.165) is 6.08 Å². The lowest BCUT2D eigenvalue weighted by Gasteiger charge is -2.05. The van der Waals surface area contributed by atoms with Crippen LogP contribution in [0.15, 0.2) is 54.9 Å². The topological polar surface area (TPSA) is 22.0 Å². The van der Waals surface area contributed by atoms with E-state index in [-0.39, 0.29) is 5.56 Å². The van der Waals surface area contributed by atoms with Gasteiger partial charge in [-0.15, -0.1) is 0 Å². The largest absolute Gasteiger partial charge is 0.324 e. The number of hydrogen-bond donors (Lipinski definition) is 0. The Morgan fingerprint density at radius 1 is 0.808 bits per heavy atom. The van der Waals surface area contributed by atoms with Gasteiger partial charge in [-0.1, -0.05) is 12.1 Å². The van der Waals surface area contributed by atoms with Crippen molar-refractivity contribution in [1.29, 1.82) is 0 Å². The maximum Gasteiger partial charge on any atom is 0.200 e. The molecule has 7 heteroatoms. The Morgan fingerprint density at radius 2 is 1.38 bits per heavy atom. The summed E-state index contributed by atoms with van der Waals surface area (Å²) >= 11 is 0. The van der Waals surface area contributed by atoms with Gasteiger partial charge in [0.05, 0.1) is 5.56 Å². The number of ketones is 1. The van der Waals surface area contributed by atoms with Gasteiger partial charge >= 0.3 is 0 Å². The molecule has 0 amide bonds. The van der Waals surface area contributed by atoms with Gasteiger partial charge in [-0.2, -0.15) is 0 Å². The maximum absolute atomic E-state index is 13.6. The quantitative estimate of drug-likeness (QED) is 0.209. The first-order chi connectivity index (χ1) is 12.4. The second-order valence-corrected chi connectivity index (χ2v) is 5.32. The fourth-order valence-electron chi connectivity index (χ4n) is 2.35. The molecule has 0 aliphatic rings. The predicted molar refractivity (Wildman–Crippen MR) is 85.4 cm³/mol. The Morgan fingerprint density at radius 3 is 2.00 bits per heavy atom. The van der Waals surface area contributed by atoms with Crippen molar-refractivity contribution >= 4 is 11.9 Å². The van der Waals surface area contributed by atoms with E-state index in [1.807, 2.05) is 0 Å². The zero-order valence-electron chi connectivity index (χ0n) is 13.0. The number of benzene rings is 2. The number of rotatable bonds is 4. The van der Waals surface area contributed by atoms with E-state index in [1.54, 1.807) is 41.2 Å². The summed E-state index contributed by atoms with van der Waals surface area (Å²) in [4.78, 5) is 12.2. The van der Waals surface area contributed by atoms with Gasteiger partial charge in [0.1, 0.15) is 0 Å². The molecule has 0 saturated heterocycles. The van der Waals surface area contributed by atoms with Gasteiger partial charge in [-0.05, 0) is 36.4 Å². The van der Waals surface area contributed by atoms with Crippen LogP contribution in [-0.4, -0.2) is 10.4 Å². The molecule has 0 unspecified atom stereocenters. The van der Waals surface area contributed by atoms with Gasteiger partial charge in [-0.3, -0.25) is 4.79 Å². The molecule has 0 N–H and O–H groups in total. The lowest BCUT2D eigenvalue weighted by atomic mass is 10.1. The van der Waals surface area contributed by atoms with Crippen LogP contribution in [0.4, 0.5) is 22.0 Å². The molecule has 0 bridgehead atoms. The third kappa shape index (κ3) is 3.15. The first kappa shape index (κ1) is 17.6. The van der Waals surface area contributed by atoms with Crippen LogP contribution in [0, 0.1) is 29.1 Å². The minimum absolute atomic E-state index is 0.191. The summed E-state index contributed by atoms with van der Waals surface area (Å²) in [5, 5.41) is 0. The van der Waals surface area contributed by atoms with Crippen LogP contribution in [0.25, 0.3) is 11.8 Å². The molecule has 132 valence electrons. The van der Waals surface area contributed by atoms with Crippen molar-refractivity contribution in [2.75, 3.05) is 0 Å². The third-order valence-corrected chi connectivity index (χ3v) is 3.68. The van der Waals surface area contributed by atoms with E-state index >= 15 is 0 Å². The molecule has 3 aromatic rings. The molecule has 1 aromatic heterocycles. The monoisotopic (exact) mass is 363 g/mol. The van der Waals surface area contributed by atoms with Crippen LogP contribution in [0.2, 0.25) is 0 Å². The molecule has 2 nitrogen and oxygen atoms in total. The van der Waals surface area contributed by atoms with E-state index in [0.29, 0.717) is 11.8 Å². The van der Waals surface area contributed by atoms with E-state index in [4.69, 9.17) is 0 Å². The number of hydrogen-bond acceptors (Lipinski definition) is 1. The van der Waals surface area contributed by atoms with Crippen molar-refractivity contribution in [3.63, 3.8) is 0 Å². The Balaban J connectivity index is 1.93. The molecule has 0 radical (unpaired) electrons. The molecular formula is C19H10F5NO. The van der Waals surface area contributed by atoms with Crippen LogP contribution in [0.1, 0.15) is 15.9 Å². The molecule has 0 spiro atoms. The smallest absolute Gasteiger partial charge is 0.200 e. The first-order valence-corrected chi connectivity index (χ1v) is 7.37. The number of aromatic nitrogens is 1. The van der Waals surface area contributed by atoms with E-state index in [1.165, 1.54) is 12.1 Å². The fourth-order valence-corrected chi connectivity index (χ4v) is 2.35. The van der Waals surface area contributed by atoms with Crippen molar-refractivity contribution in [2.45, 2.75) is 0 Å². The van der Waals surface area contributed by atoms with Crippen molar-refractivity contribution < 1.29 is 26.7 Å². The minimum atomic E-state index is -2.25. The highest BCUT2D eigenvalue weighted by molar-refractivity contribution is 6.07. The molecular weight excluding hydrogens is 353 g/mol. The minimum Gasteiger partial charge on any atom is -0.324 e. The predicted octanol–water partition coefficient (Wildman–Crippen LogP) is 5.07. The highest BCUT2D eigenvalue weighted by atomic mass is 19.2. The van der Waals surface area contributed by atoms with Crippen LogP contribution < -0.4 is 0 Å². The van der Waals surface area contributed by atoms with Gasteiger partial charge in [0.25, 0.3) is 0 Å². The number of carbonyl (C=O) groups excluding carboxylic acids is 1.